The van der Waals surface area contributed by atoms with Crippen molar-refractivity contribution < 1.29 is 9.53 Å². The standard InChI is InChI=1S/C13H21N3O2/c1-10(2)16-7-4-12(15-16)13(17)14-6-3-11-5-8-18-9-11/h4,7,10-11H,3,5-6,8-9H2,1-2H3,(H,14,17)/t11-/m0/s1. The smallest absolute Gasteiger partial charge is 0.271 e. The Bertz CT molecular complexity index is 395. The Balaban J connectivity index is 1.76. The van der Waals surface area contributed by atoms with E-state index >= 15 is 0 Å². The Morgan fingerprint density at radius 1 is 1.67 bits per heavy atom. The first kappa shape index (κ1) is 13.1. The minimum atomic E-state index is -0.0895. The molecule has 1 saturated heterocycles. The molecule has 0 bridgehead atoms. The fourth-order valence-corrected chi connectivity index (χ4v) is 2.04. The van der Waals surface area contributed by atoms with E-state index in [0.717, 1.165) is 26.1 Å². The van der Waals surface area contributed by atoms with Crippen molar-refractivity contribution in [3.8, 4) is 0 Å². The summed E-state index contributed by atoms with van der Waals surface area (Å²) in [4.78, 5) is 11.8. The molecule has 1 aliphatic heterocycles. The first-order valence-electron chi connectivity index (χ1n) is 6.58. The van der Waals surface area contributed by atoms with E-state index < -0.39 is 0 Å². The molecule has 18 heavy (non-hydrogen) atoms. The number of hydrogen-bond donors (Lipinski definition) is 1. The van der Waals surface area contributed by atoms with Gasteiger partial charge in [0.05, 0.1) is 0 Å². The summed E-state index contributed by atoms with van der Waals surface area (Å²) in [6, 6.07) is 2.04. The largest absolute Gasteiger partial charge is 0.381 e. The lowest BCUT2D eigenvalue weighted by Crippen LogP contribution is -2.26. The van der Waals surface area contributed by atoms with Crippen molar-refractivity contribution in [3.63, 3.8) is 0 Å². The first-order valence-corrected chi connectivity index (χ1v) is 6.58. The fourth-order valence-electron chi connectivity index (χ4n) is 2.04. The molecule has 0 aromatic carbocycles. The number of carbonyl (C=O) groups excluding carboxylic acids is 1. The molecule has 1 aliphatic rings. The number of carbonyl (C=O) groups is 1. The van der Waals surface area contributed by atoms with Crippen LogP contribution in [0.5, 0.6) is 0 Å². The predicted octanol–water partition coefficient (Wildman–Crippen LogP) is 1.62. The Morgan fingerprint density at radius 3 is 3.11 bits per heavy atom. The van der Waals surface area contributed by atoms with Crippen LogP contribution in [0, 0.1) is 5.92 Å². The van der Waals surface area contributed by atoms with Crippen LogP contribution in [0.4, 0.5) is 0 Å². The third kappa shape index (κ3) is 3.32. The van der Waals surface area contributed by atoms with E-state index in [-0.39, 0.29) is 11.9 Å². The molecule has 2 rings (SSSR count). The third-order valence-corrected chi connectivity index (χ3v) is 3.23. The summed E-state index contributed by atoms with van der Waals surface area (Å²) in [6.07, 6.45) is 3.93. The number of aromatic nitrogens is 2. The summed E-state index contributed by atoms with van der Waals surface area (Å²) in [5, 5.41) is 7.15. The minimum absolute atomic E-state index is 0.0895. The molecule has 0 spiro atoms. The van der Waals surface area contributed by atoms with Crippen molar-refractivity contribution in [3.05, 3.63) is 18.0 Å². The van der Waals surface area contributed by atoms with Crippen LogP contribution < -0.4 is 5.32 Å². The van der Waals surface area contributed by atoms with Crippen LogP contribution in [0.3, 0.4) is 0 Å². The molecule has 0 radical (unpaired) electrons. The Morgan fingerprint density at radius 2 is 2.50 bits per heavy atom. The second kappa shape index (κ2) is 6.00. The van der Waals surface area contributed by atoms with E-state index in [9.17, 15) is 4.79 Å². The second-order valence-electron chi connectivity index (χ2n) is 5.05. The van der Waals surface area contributed by atoms with Gasteiger partial charge in [-0.1, -0.05) is 0 Å². The van der Waals surface area contributed by atoms with Gasteiger partial charge in [0.1, 0.15) is 5.69 Å². The highest BCUT2D eigenvalue weighted by atomic mass is 16.5. The van der Waals surface area contributed by atoms with Gasteiger partial charge in [-0.2, -0.15) is 5.10 Å². The molecular weight excluding hydrogens is 230 g/mol. The first-order chi connectivity index (χ1) is 8.66. The SMILES string of the molecule is CC(C)n1ccc(C(=O)NCC[C@H]2CCOC2)n1. The normalized spacial score (nSPS) is 19.4. The van der Waals surface area contributed by atoms with Gasteiger partial charge < -0.3 is 10.1 Å². The quantitative estimate of drug-likeness (QED) is 0.865. The van der Waals surface area contributed by atoms with E-state index in [1.165, 1.54) is 0 Å². The van der Waals surface area contributed by atoms with Gasteiger partial charge in [0, 0.05) is 32.0 Å². The lowest BCUT2D eigenvalue weighted by Gasteiger charge is -2.08. The van der Waals surface area contributed by atoms with Gasteiger partial charge in [0.15, 0.2) is 0 Å². The zero-order chi connectivity index (χ0) is 13.0. The van der Waals surface area contributed by atoms with Gasteiger partial charge in [0.25, 0.3) is 5.91 Å². The predicted molar refractivity (Wildman–Crippen MR) is 68.5 cm³/mol. The summed E-state index contributed by atoms with van der Waals surface area (Å²) in [6.45, 7) is 6.46. The van der Waals surface area contributed by atoms with Gasteiger partial charge in [-0.15, -0.1) is 0 Å². The molecule has 1 fully saturated rings. The van der Waals surface area contributed by atoms with E-state index in [1.54, 1.807) is 10.7 Å². The average molecular weight is 251 g/mol. The Kier molecular flexibility index (Phi) is 4.36. The van der Waals surface area contributed by atoms with Gasteiger partial charge in [-0.3, -0.25) is 9.48 Å². The molecule has 1 aromatic rings. The highest BCUT2D eigenvalue weighted by Gasteiger charge is 2.16. The van der Waals surface area contributed by atoms with E-state index in [2.05, 4.69) is 10.4 Å². The van der Waals surface area contributed by atoms with Gasteiger partial charge in [0.2, 0.25) is 0 Å². The molecule has 2 heterocycles. The van der Waals surface area contributed by atoms with E-state index in [0.29, 0.717) is 18.2 Å². The highest BCUT2D eigenvalue weighted by Crippen LogP contribution is 2.15. The van der Waals surface area contributed by atoms with E-state index in [1.807, 2.05) is 20.0 Å². The number of hydrogen-bond acceptors (Lipinski definition) is 3. The van der Waals surface area contributed by atoms with Crippen LogP contribution in [0.2, 0.25) is 0 Å². The molecule has 1 aromatic heterocycles. The number of ether oxygens (including phenoxy) is 1. The monoisotopic (exact) mass is 251 g/mol. The summed E-state index contributed by atoms with van der Waals surface area (Å²) in [5.41, 5.74) is 0.492. The van der Waals surface area contributed by atoms with Crippen LogP contribution in [-0.2, 0) is 4.74 Å². The van der Waals surface area contributed by atoms with Gasteiger partial charge in [-0.25, -0.2) is 0 Å². The topological polar surface area (TPSA) is 56.2 Å². The zero-order valence-electron chi connectivity index (χ0n) is 11.1. The number of nitrogens with one attached hydrogen (secondary N) is 1. The molecular formula is C13H21N3O2. The summed E-state index contributed by atoms with van der Waals surface area (Å²) < 4.78 is 7.09. The minimum Gasteiger partial charge on any atom is -0.381 e. The van der Waals surface area contributed by atoms with Crippen molar-refractivity contribution in [1.29, 1.82) is 0 Å². The van der Waals surface area contributed by atoms with Crippen molar-refractivity contribution in [1.82, 2.24) is 15.1 Å². The van der Waals surface area contributed by atoms with Crippen LogP contribution in [0.25, 0.3) is 0 Å². The molecule has 0 unspecified atom stereocenters. The third-order valence-electron chi connectivity index (χ3n) is 3.23. The summed E-state index contributed by atoms with van der Waals surface area (Å²) in [5.74, 6) is 0.506. The number of nitrogens with zero attached hydrogens (tertiary/aromatic N) is 2. The lowest BCUT2D eigenvalue weighted by atomic mass is 10.1. The molecule has 100 valence electrons. The lowest BCUT2D eigenvalue weighted by molar-refractivity contribution is 0.0944. The van der Waals surface area contributed by atoms with Gasteiger partial charge in [-0.05, 0) is 38.7 Å². The summed E-state index contributed by atoms with van der Waals surface area (Å²) in [7, 11) is 0. The van der Waals surface area contributed by atoms with E-state index in [4.69, 9.17) is 4.74 Å². The van der Waals surface area contributed by atoms with Crippen LogP contribution >= 0.6 is 0 Å². The van der Waals surface area contributed by atoms with Crippen molar-refractivity contribution >= 4 is 5.91 Å². The fraction of sp³-hybridized carbons (Fsp3) is 0.692. The molecule has 0 aliphatic carbocycles. The van der Waals surface area contributed by atoms with Crippen LogP contribution in [0.1, 0.15) is 43.2 Å². The van der Waals surface area contributed by atoms with Crippen molar-refractivity contribution in [2.24, 2.45) is 5.92 Å². The molecule has 1 amide bonds. The number of amides is 1. The maximum absolute atomic E-state index is 11.8. The molecule has 5 nitrogen and oxygen atoms in total. The van der Waals surface area contributed by atoms with Gasteiger partial charge >= 0.3 is 0 Å². The molecule has 5 heteroatoms. The Hall–Kier alpha value is -1.36. The van der Waals surface area contributed by atoms with Crippen LogP contribution in [0.15, 0.2) is 12.3 Å². The van der Waals surface area contributed by atoms with Crippen molar-refractivity contribution in [2.75, 3.05) is 19.8 Å². The van der Waals surface area contributed by atoms with Crippen LogP contribution in [-0.4, -0.2) is 35.4 Å². The molecule has 1 atom stereocenters. The number of rotatable bonds is 5. The highest BCUT2D eigenvalue weighted by molar-refractivity contribution is 5.92. The second-order valence-corrected chi connectivity index (χ2v) is 5.05. The molecule has 1 N–H and O–H groups in total. The molecule has 0 saturated carbocycles. The maximum atomic E-state index is 11.8. The summed E-state index contributed by atoms with van der Waals surface area (Å²) >= 11 is 0. The average Bonchev–Trinajstić information content (AvgIpc) is 2.99. The zero-order valence-corrected chi connectivity index (χ0v) is 11.1. The Labute approximate surface area is 108 Å². The van der Waals surface area contributed by atoms with Crippen molar-refractivity contribution in [2.45, 2.75) is 32.7 Å². The maximum Gasteiger partial charge on any atom is 0.271 e.